The normalized spacial score (nSPS) is 12.8. The smallest absolute Gasteiger partial charge is 0.133 e. The molecule has 1 heterocycles. The Morgan fingerprint density at radius 1 is 1.41 bits per heavy atom. The number of hydrogen-bond acceptors (Lipinski definition) is 5. The van der Waals surface area contributed by atoms with Crippen molar-refractivity contribution in [3.05, 3.63) is 17.6 Å². The molecule has 1 rings (SSSR count). The van der Waals surface area contributed by atoms with E-state index in [1.165, 1.54) is 0 Å². The number of aliphatic hydroxyl groups is 1. The second-order valence-electron chi connectivity index (χ2n) is 4.40. The molecule has 0 saturated carbocycles. The van der Waals surface area contributed by atoms with Crippen molar-refractivity contribution in [1.29, 1.82) is 0 Å². The number of aryl methyl sites for hydroxylation is 1. The molecule has 0 spiro atoms. The van der Waals surface area contributed by atoms with E-state index >= 15 is 0 Å². The summed E-state index contributed by atoms with van der Waals surface area (Å²) in [5, 5.41) is 12.6. The van der Waals surface area contributed by atoms with Gasteiger partial charge in [0.15, 0.2) is 0 Å². The standard InChI is InChI=1S/C12H21N3O2/c1-8(2)12-14-9(3)5-11(15-12)13-6-10(16)7-17-4/h5,8,10,16H,6-7H2,1-4H3,(H,13,14,15). The number of aromatic nitrogens is 2. The van der Waals surface area contributed by atoms with Crippen LogP contribution in [0, 0.1) is 6.92 Å². The summed E-state index contributed by atoms with van der Waals surface area (Å²) in [7, 11) is 1.56. The van der Waals surface area contributed by atoms with Crippen LogP contribution in [0.2, 0.25) is 0 Å². The predicted molar refractivity (Wildman–Crippen MR) is 67.2 cm³/mol. The Bertz CT molecular complexity index is 356. The first-order valence-electron chi connectivity index (χ1n) is 5.79. The third kappa shape index (κ3) is 4.66. The summed E-state index contributed by atoms with van der Waals surface area (Å²) in [5.41, 5.74) is 0.924. The van der Waals surface area contributed by atoms with Crippen LogP contribution in [0.15, 0.2) is 6.07 Å². The number of nitrogens with one attached hydrogen (secondary N) is 1. The van der Waals surface area contributed by atoms with Gasteiger partial charge in [-0.15, -0.1) is 0 Å². The minimum Gasteiger partial charge on any atom is -0.389 e. The second-order valence-corrected chi connectivity index (χ2v) is 4.40. The zero-order valence-electron chi connectivity index (χ0n) is 10.9. The number of nitrogens with zero attached hydrogens (tertiary/aromatic N) is 2. The molecule has 17 heavy (non-hydrogen) atoms. The third-order valence-corrected chi connectivity index (χ3v) is 2.27. The minimum atomic E-state index is -0.530. The van der Waals surface area contributed by atoms with Gasteiger partial charge in [-0.2, -0.15) is 0 Å². The van der Waals surface area contributed by atoms with E-state index in [-0.39, 0.29) is 0 Å². The molecular formula is C12H21N3O2. The number of aliphatic hydroxyl groups excluding tert-OH is 1. The van der Waals surface area contributed by atoms with Crippen molar-refractivity contribution in [2.75, 3.05) is 25.6 Å². The fourth-order valence-corrected chi connectivity index (χ4v) is 1.41. The maximum absolute atomic E-state index is 9.53. The molecule has 0 radical (unpaired) electrons. The van der Waals surface area contributed by atoms with Crippen LogP contribution in [-0.2, 0) is 4.74 Å². The maximum Gasteiger partial charge on any atom is 0.133 e. The van der Waals surface area contributed by atoms with Crippen molar-refractivity contribution in [2.45, 2.75) is 32.8 Å². The van der Waals surface area contributed by atoms with E-state index < -0.39 is 6.10 Å². The van der Waals surface area contributed by atoms with E-state index in [4.69, 9.17) is 4.74 Å². The van der Waals surface area contributed by atoms with Crippen LogP contribution < -0.4 is 5.32 Å². The molecular weight excluding hydrogens is 218 g/mol. The second kappa shape index (κ2) is 6.51. The predicted octanol–water partition coefficient (Wildman–Crippen LogP) is 1.33. The average molecular weight is 239 g/mol. The van der Waals surface area contributed by atoms with Crippen LogP contribution in [0.4, 0.5) is 5.82 Å². The van der Waals surface area contributed by atoms with Crippen LogP contribution in [0.25, 0.3) is 0 Å². The van der Waals surface area contributed by atoms with Gasteiger partial charge < -0.3 is 15.2 Å². The summed E-state index contributed by atoms with van der Waals surface area (Å²) in [6.07, 6.45) is -0.530. The molecule has 0 aromatic carbocycles. The highest BCUT2D eigenvalue weighted by Gasteiger charge is 2.07. The molecule has 1 aromatic rings. The SMILES string of the molecule is COCC(O)CNc1cc(C)nc(C(C)C)n1. The lowest BCUT2D eigenvalue weighted by atomic mass is 10.2. The van der Waals surface area contributed by atoms with Crippen molar-refractivity contribution in [3.8, 4) is 0 Å². The Hall–Kier alpha value is -1.20. The molecule has 0 aliphatic carbocycles. The molecule has 0 aliphatic rings. The molecule has 1 atom stereocenters. The van der Waals surface area contributed by atoms with Gasteiger partial charge >= 0.3 is 0 Å². The minimum absolute atomic E-state index is 0.291. The van der Waals surface area contributed by atoms with Gasteiger partial charge in [0.2, 0.25) is 0 Å². The van der Waals surface area contributed by atoms with Crippen molar-refractivity contribution >= 4 is 5.82 Å². The van der Waals surface area contributed by atoms with Crippen molar-refractivity contribution in [3.63, 3.8) is 0 Å². The van der Waals surface area contributed by atoms with E-state index in [2.05, 4.69) is 29.1 Å². The Kier molecular flexibility index (Phi) is 5.31. The number of rotatable bonds is 6. The van der Waals surface area contributed by atoms with E-state index in [0.717, 1.165) is 17.3 Å². The van der Waals surface area contributed by atoms with Crippen molar-refractivity contribution < 1.29 is 9.84 Å². The lowest BCUT2D eigenvalue weighted by molar-refractivity contribution is 0.0727. The summed E-state index contributed by atoms with van der Waals surface area (Å²) in [5.74, 6) is 1.85. The molecule has 1 unspecified atom stereocenters. The van der Waals surface area contributed by atoms with E-state index in [0.29, 0.717) is 19.1 Å². The van der Waals surface area contributed by atoms with Crippen LogP contribution in [0.3, 0.4) is 0 Å². The largest absolute Gasteiger partial charge is 0.389 e. The maximum atomic E-state index is 9.53. The highest BCUT2D eigenvalue weighted by atomic mass is 16.5. The molecule has 5 heteroatoms. The van der Waals surface area contributed by atoms with Gasteiger partial charge in [0, 0.05) is 31.3 Å². The molecule has 5 nitrogen and oxygen atoms in total. The monoisotopic (exact) mass is 239 g/mol. The van der Waals surface area contributed by atoms with Crippen molar-refractivity contribution in [2.24, 2.45) is 0 Å². The molecule has 0 aliphatic heterocycles. The van der Waals surface area contributed by atoms with Gasteiger partial charge in [-0.3, -0.25) is 0 Å². The highest BCUT2D eigenvalue weighted by Crippen LogP contribution is 2.13. The van der Waals surface area contributed by atoms with Crippen LogP contribution in [0.5, 0.6) is 0 Å². The Morgan fingerprint density at radius 2 is 2.12 bits per heavy atom. The zero-order chi connectivity index (χ0) is 12.8. The van der Waals surface area contributed by atoms with E-state index in [9.17, 15) is 5.11 Å². The van der Waals surface area contributed by atoms with Crippen LogP contribution in [-0.4, -0.2) is 41.4 Å². The molecule has 2 N–H and O–H groups in total. The first-order chi connectivity index (χ1) is 8.02. The first kappa shape index (κ1) is 13.9. The zero-order valence-corrected chi connectivity index (χ0v) is 10.9. The van der Waals surface area contributed by atoms with Gasteiger partial charge in [-0.25, -0.2) is 9.97 Å². The summed E-state index contributed by atoms with van der Waals surface area (Å²) >= 11 is 0. The van der Waals surface area contributed by atoms with Gasteiger partial charge in [0.05, 0.1) is 12.7 Å². The number of anilines is 1. The third-order valence-electron chi connectivity index (χ3n) is 2.27. The number of hydrogen-bond donors (Lipinski definition) is 2. The molecule has 0 fully saturated rings. The fourth-order valence-electron chi connectivity index (χ4n) is 1.41. The van der Waals surface area contributed by atoms with E-state index in [1.807, 2.05) is 13.0 Å². The summed E-state index contributed by atoms with van der Waals surface area (Å²) < 4.78 is 4.85. The van der Waals surface area contributed by atoms with E-state index in [1.54, 1.807) is 7.11 Å². The highest BCUT2D eigenvalue weighted by molar-refractivity contribution is 5.36. The Morgan fingerprint density at radius 3 is 2.71 bits per heavy atom. The van der Waals surface area contributed by atoms with Crippen LogP contribution in [0.1, 0.15) is 31.3 Å². The fraction of sp³-hybridized carbons (Fsp3) is 0.667. The van der Waals surface area contributed by atoms with Crippen molar-refractivity contribution in [1.82, 2.24) is 9.97 Å². The molecule has 1 aromatic heterocycles. The topological polar surface area (TPSA) is 67.3 Å². The summed E-state index contributed by atoms with van der Waals surface area (Å²) in [6.45, 7) is 6.77. The van der Waals surface area contributed by atoms with Gasteiger partial charge in [0.25, 0.3) is 0 Å². The number of ether oxygens (including phenoxy) is 1. The lowest BCUT2D eigenvalue weighted by Crippen LogP contribution is -2.24. The molecule has 96 valence electrons. The first-order valence-corrected chi connectivity index (χ1v) is 5.79. The van der Waals surface area contributed by atoms with Crippen LogP contribution >= 0.6 is 0 Å². The molecule has 0 amide bonds. The summed E-state index contributed by atoms with van der Waals surface area (Å²) in [6, 6.07) is 1.87. The average Bonchev–Trinajstić information content (AvgIpc) is 2.26. The Labute approximate surface area is 102 Å². The molecule has 0 bridgehead atoms. The van der Waals surface area contributed by atoms with Gasteiger partial charge in [-0.05, 0) is 6.92 Å². The Balaban J connectivity index is 2.64. The number of methoxy groups -OCH3 is 1. The lowest BCUT2D eigenvalue weighted by Gasteiger charge is -2.13. The quantitative estimate of drug-likeness (QED) is 0.784. The van der Waals surface area contributed by atoms with Gasteiger partial charge in [-0.1, -0.05) is 13.8 Å². The summed E-state index contributed by atoms with van der Waals surface area (Å²) in [4.78, 5) is 8.75. The van der Waals surface area contributed by atoms with Gasteiger partial charge in [0.1, 0.15) is 11.6 Å². The molecule has 0 saturated heterocycles.